The van der Waals surface area contributed by atoms with Crippen molar-refractivity contribution in [1.82, 2.24) is 5.32 Å². The van der Waals surface area contributed by atoms with Gasteiger partial charge in [0.1, 0.15) is 6.04 Å². The van der Waals surface area contributed by atoms with Crippen LogP contribution in [0, 0.1) is 5.92 Å². The van der Waals surface area contributed by atoms with Crippen molar-refractivity contribution in [2.24, 2.45) is 5.92 Å². The van der Waals surface area contributed by atoms with Crippen LogP contribution in [0.2, 0.25) is 0 Å². The number of benzene rings is 1. The van der Waals surface area contributed by atoms with Gasteiger partial charge in [-0.05, 0) is 25.0 Å². The van der Waals surface area contributed by atoms with Gasteiger partial charge in [0.05, 0.1) is 23.3 Å². The fourth-order valence-electron chi connectivity index (χ4n) is 2.20. The molecule has 22 heavy (non-hydrogen) atoms. The molecule has 0 aromatic heterocycles. The quantitative estimate of drug-likeness (QED) is 0.773. The second-order valence-electron chi connectivity index (χ2n) is 5.11. The van der Waals surface area contributed by atoms with Crippen molar-refractivity contribution in [2.75, 3.05) is 19.0 Å². The minimum atomic E-state index is -1.28. The Morgan fingerprint density at radius 3 is 2.68 bits per heavy atom. The van der Waals surface area contributed by atoms with E-state index in [-0.39, 0.29) is 24.0 Å². The molecule has 2 rings (SSSR count). The van der Waals surface area contributed by atoms with E-state index in [1.165, 1.54) is 0 Å². The fraction of sp³-hybridized carbons (Fsp3) is 0.467. The van der Waals surface area contributed by atoms with Crippen molar-refractivity contribution >= 4 is 22.7 Å². The zero-order chi connectivity index (χ0) is 15.9. The molecule has 1 aromatic rings. The Morgan fingerprint density at radius 1 is 1.36 bits per heavy atom. The Kier molecular flexibility index (Phi) is 6.09. The third kappa shape index (κ3) is 4.64. The van der Waals surface area contributed by atoms with Crippen molar-refractivity contribution in [2.45, 2.75) is 23.8 Å². The van der Waals surface area contributed by atoms with Crippen molar-refractivity contribution in [3.05, 3.63) is 30.3 Å². The predicted molar refractivity (Wildman–Crippen MR) is 80.8 cm³/mol. The van der Waals surface area contributed by atoms with E-state index in [4.69, 9.17) is 4.74 Å². The van der Waals surface area contributed by atoms with Gasteiger partial charge in [0, 0.05) is 17.3 Å². The molecule has 1 fully saturated rings. The fourth-order valence-corrected chi connectivity index (χ4v) is 3.35. The SMILES string of the molecule is O=C(N[C@H](CC[S@@](=O)c1ccccc1)C(=O)O)[C@@H]1CCOC1. The highest BCUT2D eigenvalue weighted by atomic mass is 32.2. The Bertz CT molecular complexity index is 542. The van der Waals surface area contributed by atoms with Crippen LogP contribution in [-0.2, 0) is 25.1 Å². The predicted octanol–water partition coefficient (Wildman–Crippen LogP) is 0.790. The third-order valence-electron chi connectivity index (χ3n) is 3.51. The molecule has 0 bridgehead atoms. The number of carboxylic acids is 1. The van der Waals surface area contributed by atoms with Crippen molar-refractivity contribution in [3.8, 4) is 0 Å². The molecule has 0 aliphatic carbocycles. The first-order valence-corrected chi connectivity index (χ1v) is 8.44. The van der Waals surface area contributed by atoms with E-state index in [9.17, 15) is 18.9 Å². The number of rotatable bonds is 7. The largest absolute Gasteiger partial charge is 0.480 e. The smallest absolute Gasteiger partial charge is 0.326 e. The molecule has 120 valence electrons. The lowest BCUT2D eigenvalue weighted by atomic mass is 10.1. The standard InChI is InChI=1S/C15H19NO5S/c17-14(11-6-8-21-10-11)16-13(15(18)19)7-9-22(20)12-4-2-1-3-5-12/h1-5,11,13H,6-10H2,(H,16,17)(H,18,19)/t11-,13-,22-/m1/s1. The van der Waals surface area contributed by atoms with E-state index in [0.29, 0.717) is 24.5 Å². The van der Waals surface area contributed by atoms with Crippen LogP contribution in [0.3, 0.4) is 0 Å². The summed E-state index contributed by atoms with van der Waals surface area (Å²) in [5.41, 5.74) is 0. The molecule has 0 radical (unpaired) electrons. The lowest BCUT2D eigenvalue weighted by Crippen LogP contribution is -2.44. The van der Waals surface area contributed by atoms with Gasteiger partial charge in [-0.2, -0.15) is 0 Å². The number of nitrogens with one attached hydrogen (secondary N) is 1. The maximum absolute atomic E-state index is 12.1. The van der Waals surface area contributed by atoms with Crippen LogP contribution < -0.4 is 5.32 Å². The van der Waals surface area contributed by atoms with Crippen LogP contribution in [0.1, 0.15) is 12.8 Å². The monoisotopic (exact) mass is 325 g/mol. The highest BCUT2D eigenvalue weighted by Crippen LogP contribution is 2.13. The van der Waals surface area contributed by atoms with Crippen LogP contribution in [-0.4, -0.2) is 46.2 Å². The molecule has 2 N–H and O–H groups in total. The summed E-state index contributed by atoms with van der Waals surface area (Å²) in [6.45, 7) is 0.849. The van der Waals surface area contributed by atoms with Crippen LogP contribution in [0.5, 0.6) is 0 Å². The second kappa shape index (κ2) is 8.05. The summed E-state index contributed by atoms with van der Waals surface area (Å²) in [6.07, 6.45) is 0.726. The Labute approximate surface area is 131 Å². The van der Waals surface area contributed by atoms with E-state index >= 15 is 0 Å². The van der Waals surface area contributed by atoms with E-state index in [1.807, 2.05) is 6.07 Å². The number of hydrogen-bond donors (Lipinski definition) is 2. The summed E-state index contributed by atoms with van der Waals surface area (Å²) in [5.74, 6) is -1.53. The van der Waals surface area contributed by atoms with Gasteiger partial charge >= 0.3 is 5.97 Å². The maximum Gasteiger partial charge on any atom is 0.326 e. The Morgan fingerprint density at radius 2 is 2.09 bits per heavy atom. The van der Waals surface area contributed by atoms with E-state index in [1.54, 1.807) is 24.3 Å². The average molecular weight is 325 g/mol. The maximum atomic E-state index is 12.1. The highest BCUT2D eigenvalue weighted by Gasteiger charge is 2.28. The molecule has 1 heterocycles. The van der Waals surface area contributed by atoms with Gasteiger partial charge in [0.15, 0.2) is 0 Å². The second-order valence-corrected chi connectivity index (χ2v) is 6.68. The summed E-state index contributed by atoms with van der Waals surface area (Å²) in [6, 6.07) is 7.83. The van der Waals surface area contributed by atoms with E-state index < -0.39 is 22.8 Å². The van der Waals surface area contributed by atoms with Crippen LogP contribution in [0.15, 0.2) is 35.2 Å². The van der Waals surface area contributed by atoms with Gasteiger partial charge in [-0.15, -0.1) is 0 Å². The van der Waals surface area contributed by atoms with Crippen molar-refractivity contribution < 1.29 is 23.6 Å². The minimum absolute atomic E-state index is 0.121. The molecular weight excluding hydrogens is 306 g/mol. The molecule has 6 nitrogen and oxygen atoms in total. The van der Waals surface area contributed by atoms with Crippen LogP contribution in [0.25, 0.3) is 0 Å². The van der Waals surface area contributed by atoms with Crippen LogP contribution in [0.4, 0.5) is 0 Å². The molecule has 7 heteroatoms. The van der Waals surface area contributed by atoms with Gasteiger partial charge < -0.3 is 15.2 Å². The normalized spacial score (nSPS) is 20.3. The molecule has 0 spiro atoms. The highest BCUT2D eigenvalue weighted by molar-refractivity contribution is 7.85. The molecule has 1 aliphatic heterocycles. The summed E-state index contributed by atoms with van der Waals surface area (Å²) < 4.78 is 17.2. The van der Waals surface area contributed by atoms with Crippen molar-refractivity contribution in [1.29, 1.82) is 0 Å². The van der Waals surface area contributed by atoms with Crippen molar-refractivity contribution in [3.63, 3.8) is 0 Å². The summed E-state index contributed by atoms with van der Waals surface area (Å²) in [5, 5.41) is 11.7. The molecule has 1 aromatic carbocycles. The zero-order valence-electron chi connectivity index (χ0n) is 12.1. The van der Waals surface area contributed by atoms with Gasteiger partial charge in [-0.25, -0.2) is 4.79 Å². The van der Waals surface area contributed by atoms with Gasteiger partial charge in [0.25, 0.3) is 0 Å². The summed E-state index contributed by atoms with van der Waals surface area (Å²) >= 11 is 0. The zero-order valence-corrected chi connectivity index (χ0v) is 12.9. The molecule has 1 saturated heterocycles. The van der Waals surface area contributed by atoms with Gasteiger partial charge in [-0.3, -0.25) is 9.00 Å². The molecular formula is C15H19NO5S. The topological polar surface area (TPSA) is 92.7 Å². The molecule has 1 aliphatic rings. The number of amides is 1. The number of hydrogen-bond acceptors (Lipinski definition) is 4. The number of aliphatic carboxylic acids is 1. The van der Waals surface area contributed by atoms with E-state index in [2.05, 4.69) is 5.32 Å². The van der Waals surface area contributed by atoms with Crippen LogP contribution >= 0.6 is 0 Å². The number of ether oxygens (including phenoxy) is 1. The third-order valence-corrected chi connectivity index (χ3v) is 4.92. The summed E-state index contributed by atoms with van der Waals surface area (Å²) in [7, 11) is -1.28. The van der Waals surface area contributed by atoms with Gasteiger partial charge in [0.2, 0.25) is 5.91 Å². The molecule has 0 unspecified atom stereocenters. The summed E-state index contributed by atoms with van der Waals surface area (Å²) in [4.78, 5) is 23.9. The average Bonchev–Trinajstić information content (AvgIpc) is 3.06. The molecule has 1 amide bonds. The Hall–Kier alpha value is -1.73. The van der Waals surface area contributed by atoms with E-state index in [0.717, 1.165) is 0 Å². The molecule has 0 saturated carbocycles. The number of carbonyl (C=O) groups excluding carboxylic acids is 1. The first-order valence-electron chi connectivity index (χ1n) is 7.12. The minimum Gasteiger partial charge on any atom is -0.480 e. The lowest BCUT2D eigenvalue weighted by molar-refractivity contribution is -0.142. The molecule has 3 atom stereocenters. The Balaban J connectivity index is 1.87. The lowest BCUT2D eigenvalue weighted by Gasteiger charge is -2.16. The first kappa shape index (κ1) is 16.6. The number of carbonyl (C=O) groups is 2. The van der Waals surface area contributed by atoms with Gasteiger partial charge in [-0.1, -0.05) is 18.2 Å². The first-order chi connectivity index (χ1) is 10.6. The number of carboxylic acid groups (broad SMARTS) is 1.